The first kappa shape index (κ1) is 29.5. The van der Waals surface area contributed by atoms with Crippen LogP contribution in [0.4, 0.5) is 25.0 Å². The molecule has 1 N–H and O–H groups in total. The van der Waals surface area contributed by atoms with Crippen LogP contribution < -0.4 is 19.7 Å². The predicted molar refractivity (Wildman–Crippen MR) is 150 cm³/mol. The Morgan fingerprint density at radius 2 is 1.74 bits per heavy atom. The number of amides is 4. The van der Waals surface area contributed by atoms with Crippen LogP contribution in [0.15, 0.2) is 54.6 Å². The molecule has 0 aliphatic carbocycles. The van der Waals surface area contributed by atoms with Crippen molar-refractivity contribution in [1.29, 1.82) is 0 Å². The summed E-state index contributed by atoms with van der Waals surface area (Å²) in [5.74, 6) is -2.83. The number of hydrogen-bond acceptors (Lipinski definition) is 7. The van der Waals surface area contributed by atoms with Gasteiger partial charge < -0.3 is 19.1 Å². The second-order valence-corrected chi connectivity index (χ2v) is 10.5. The maximum Gasteiger partial charge on any atom is 0.418 e. The molecule has 5 rings (SSSR count). The van der Waals surface area contributed by atoms with E-state index in [-0.39, 0.29) is 60.6 Å². The molecular formula is C31H29F2N3O7. The fraction of sp³-hybridized carbons (Fsp3) is 0.290. The number of hydrogen-bond donors (Lipinski definition) is 1. The molecule has 0 saturated carbocycles. The van der Waals surface area contributed by atoms with Crippen LogP contribution in [0, 0.1) is 17.6 Å². The summed E-state index contributed by atoms with van der Waals surface area (Å²) in [6.07, 6.45) is -0.451. The summed E-state index contributed by atoms with van der Waals surface area (Å²) in [4.78, 5) is 53.9. The van der Waals surface area contributed by atoms with Crippen LogP contribution in [0.5, 0.6) is 17.2 Å². The van der Waals surface area contributed by atoms with Crippen molar-refractivity contribution in [2.45, 2.75) is 39.3 Å². The van der Waals surface area contributed by atoms with Crippen molar-refractivity contribution >= 4 is 35.2 Å². The molecule has 2 aliphatic rings. The number of ether oxygens (including phenoxy) is 3. The van der Waals surface area contributed by atoms with Gasteiger partial charge in [-0.05, 0) is 60.4 Å². The molecule has 43 heavy (non-hydrogen) atoms. The summed E-state index contributed by atoms with van der Waals surface area (Å²) in [7, 11) is 1.22. The lowest BCUT2D eigenvalue weighted by molar-refractivity contribution is -0.136. The Morgan fingerprint density at radius 1 is 1.02 bits per heavy atom. The number of nitrogens with zero attached hydrogens (tertiary/aromatic N) is 2. The standard InChI is InChI=1S/C31H29F2N3O7/c1-17(2)16-42-28-24(11-4-18-15-35(30(39)27(18)28)25-12-13-26(37)34-29(25)38)36(31(40)41-3)19-5-7-20(8-6-19)43-21-9-10-22(32)23(33)14-21/h4-11,14,17,25H,12-13,15-16H2,1-3H3,(H,34,37,38). The first-order valence-corrected chi connectivity index (χ1v) is 13.6. The van der Waals surface area contributed by atoms with Gasteiger partial charge in [0, 0.05) is 19.0 Å². The van der Waals surface area contributed by atoms with E-state index in [2.05, 4.69) is 5.32 Å². The number of piperidine rings is 1. The zero-order valence-corrected chi connectivity index (χ0v) is 23.7. The third-order valence-corrected chi connectivity index (χ3v) is 7.01. The molecule has 1 fully saturated rings. The average Bonchev–Trinajstić information content (AvgIpc) is 3.31. The van der Waals surface area contributed by atoms with Gasteiger partial charge in [0.15, 0.2) is 17.4 Å². The van der Waals surface area contributed by atoms with Crippen LogP contribution in [-0.4, -0.2) is 48.5 Å². The van der Waals surface area contributed by atoms with Gasteiger partial charge in [-0.25, -0.2) is 18.5 Å². The first-order valence-electron chi connectivity index (χ1n) is 13.6. The van der Waals surface area contributed by atoms with Crippen molar-refractivity contribution in [1.82, 2.24) is 10.2 Å². The average molecular weight is 594 g/mol. The summed E-state index contributed by atoms with van der Waals surface area (Å²) in [6.45, 7) is 4.23. The quantitative estimate of drug-likeness (QED) is 0.345. The smallest absolute Gasteiger partial charge is 0.418 e. The van der Waals surface area contributed by atoms with Gasteiger partial charge in [-0.1, -0.05) is 19.9 Å². The topological polar surface area (TPSA) is 114 Å². The van der Waals surface area contributed by atoms with E-state index in [9.17, 15) is 28.0 Å². The minimum Gasteiger partial charge on any atom is -0.490 e. The third-order valence-electron chi connectivity index (χ3n) is 7.01. The van der Waals surface area contributed by atoms with Gasteiger partial charge in [0.2, 0.25) is 11.8 Å². The van der Waals surface area contributed by atoms with Gasteiger partial charge in [0.05, 0.1) is 30.7 Å². The Balaban J connectivity index is 1.51. The zero-order chi connectivity index (χ0) is 30.8. The lowest BCUT2D eigenvalue weighted by Gasteiger charge is -2.29. The van der Waals surface area contributed by atoms with Gasteiger partial charge in [0.25, 0.3) is 5.91 Å². The summed E-state index contributed by atoms with van der Waals surface area (Å²) in [5, 5.41) is 2.29. The number of fused-ring (bicyclic) bond motifs is 1. The van der Waals surface area contributed by atoms with Crippen LogP contribution in [-0.2, 0) is 20.9 Å². The fourth-order valence-corrected chi connectivity index (χ4v) is 4.95. The molecule has 0 radical (unpaired) electrons. The molecule has 1 atom stereocenters. The highest BCUT2D eigenvalue weighted by molar-refractivity contribution is 6.09. The summed E-state index contributed by atoms with van der Waals surface area (Å²) >= 11 is 0. The molecule has 2 aliphatic heterocycles. The van der Waals surface area contributed by atoms with E-state index in [0.29, 0.717) is 17.0 Å². The second kappa shape index (κ2) is 12.1. The van der Waals surface area contributed by atoms with E-state index < -0.39 is 35.6 Å². The number of methoxy groups -OCH3 is 1. The van der Waals surface area contributed by atoms with Gasteiger partial charge in [-0.15, -0.1) is 0 Å². The molecule has 0 spiro atoms. The minimum atomic E-state index is -1.05. The van der Waals surface area contributed by atoms with Crippen molar-refractivity contribution in [3.63, 3.8) is 0 Å². The van der Waals surface area contributed by atoms with Gasteiger partial charge in [0.1, 0.15) is 17.5 Å². The Bertz CT molecular complexity index is 1590. The largest absolute Gasteiger partial charge is 0.490 e. The zero-order valence-electron chi connectivity index (χ0n) is 23.7. The molecule has 3 aromatic carbocycles. The summed E-state index contributed by atoms with van der Waals surface area (Å²) in [5.41, 5.74) is 1.40. The highest BCUT2D eigenvalue weighted by Gasteiger charge is 2.42. The van der Waals surface area contributed by atoms with Crippen LogP contribution >= 0.6 is 0 Å². The van der Waals surface area contributed by atoms with Crippen molar-refractivity contribution in [2.24, 2.45) is 5.92 Å². The van der Waals surface area contributed by atoms with E-state index in [4.69, 9.17) is 14.2 Å². The summed E-state index contributed by atoms with van der Waals surface area (Å²) in [6, 6.07) is 11.8. The molecule has 1 unspecified atom stereocenters. The molecule has 12 heteroatoms. The SMILES string of the molecule is COC(=O)N(c1ccc(Oc2ccc(F)c(F)c2)cc1)c1ccc2c(c1OCC(C)C)C(=O)N(C1CCC(=O)NC1=O)C2. The molecule has 224 valence electrons. The highest BCUT2D eigenvalue weighted by atomic mass is 19.2. The third kappa shape index (κ3) is 5.99. The second-order valence-electron chi connectivity index (χ2n) is 10.5. The molecule has 2 heterocycles. The predicted octanol–water partition coefficient (Wildman–Crippen LogP) is 5.46. The molecular weight excluding hydrogens is 564 g/mol. The fourth-order valence-electron chi connectivity index (χ4n) is 4.95. The summed E-state index contributed by atoms with van der Waals surface area (Å²) < 4.78 is 43.8. The lowest BCUT2D eigenvalue weighted by atomic mass is 10.0. The van der Waals surface area contributed by atoms with Gasteiger partial charge >= 0.3 is 6.09 Å². The van der Waals surface area contributed by atoms with Crippen molar-refractivity contribution in [3.8, 4) is 17.2 Å². The number of anilines is 2. The van der Waals surface area contributed by atoms with E-state index in [1.165, 1.54) is 35.1 Å². The molecule has 10 nitrogen and oxygen atoms in total. The Morgan fingerprint density at radius 3 is 2.40 bits per heavy atom. The Labute approximate surface area is 246 Å². The van der Waals surface area contributed by atoms with E-state index >= 15 is 0 Å². The van der Waals surface area contributed by atoms with Crippen LogP contribution in [0.2, 0.25) is 0 Å². The van der Waals surface area contributed by atoms with Gasteiger partial charge in [-0.2, -0.15) is 0 Å². The van der Waals surface area contributed by atoms with Gasteiger partial charge in [-0.3, -0.25) is 19.7 Å². The number of nitrogens with one attached hydrogen (secondary N) is 1. The molecule has 1 saturated heterocycles. The highest BCUT2D eigenvalue weighted by Crippen LogP contribution is 2.43. The minimum absolute atomic E-state index is 0.0748. The lowest BCUT2D eigenvalue weighted by Crippen LogP contribution is -2.52. The first-order chi connectivity index (χ1) is 20.6. The molecule has 3 aromatic rings. The maximum absolute atomic E-state index is 13.8. The molecule has 0 bridgehead atoms. The molecule has 0 aromatic heterocycles. The Hall–Kier alpha value is -5.00. The number of carbonyl (C=O) groups excluding carboxylic acids is 4. The maximum atomic E-state index is 13.8. The molecule has 4 amide bonds. The van der Waals surface area contributed by atoms with Crippen molar-refractivity contribution < 1.29 is 42.2 Å². The number of benzene rings is 3. The monoisotopic (exact) mass is 593 g/mol. The van der Waals surface area contributed by atoms with E-state index in [1.807, 2.05) is 13.8 Å². The number of imide groups is 1. The van der Waals surface area contributed by atoms with Crippen LogP contribution in [0.1, 0.15) is 42.6 Å². The number of halogens is 2. The normalized spacial score (nSPS) is 16.2. The van der Waals surface area contributed by atoms with Crippen molar-refractivity contribution in [3.05, 3.63) is 77.4 Å². The number of carbonyl (C=O) groups is 4. The van der Waals surface area contributed by atoms with E-state index in [0.717, 1.165) is 12.1 Å². The van der Waals surface area contributed by atoms with E-state index in [1.54, 1.807) is 24.3 Å². The Kier molecular flexibility index (Phi) is 8.29. The van der Waals surface area contributed by atoms with Crippen molar-refractivity contribution in [2.75, 3.05) is 18.6 Å². The van der Waals surface area contributed by atoms with Crippen LogP contribution in [0.25, 0.3) is 0 Å². The number of rotatable bonds is 8. The van der Waals surface area contributed by atoms with Crippen LogP contribution in [0.3, 0.4) is 0 Å².